The summed E-state index contributed by atoms with van der Waals surface area (Å²) < 4.78 is 0. The zero-order valence-electron chi connectivity index (χ0n) is 22.6. The van der Waals surface area contributed by atoms with Gasteiger partial charge in [0.15, 0.2) is 0 Å². The molecule has 0 fully saturated rings. The second kappa shape index (κ2) is 38.0. The normalized spacial score (nSPS) is 10.5. The van der Waals surface area contributed by atoms with Gasteiger partial charge < -0.3 is 10.6 Å². The summed E-state index contributed by atoms with van der Waals surface area (Å²) in [4.78, 5) is 0. The van der Waals surface area contributed by atoms with E-state index in [2.05, 4.69) is 38.3 Å². The van der Waals surface area contributed by atoms with Crippen LogP contribution in [0.15, 0.2) is 0 Å². The van der Waals surface area contributed by atoms with Crippen LogP contribution < -0.4 is 0 Å². The molecule has 0 bridgehead atoms. The molecule has 3 heteroatoms. The molecule has 0 amide bonds. The van der Waals surface area contributed by atoms with Crippen molar-refractivity contribution in [3.05, 3.63) is 10.6 Å². The summed E-state index contributed by atoms with van der Waals surface area (Å²) in [7, 11) is 0. The van der Waals surface area contributed by atoms with E-state index in [1.807, 2.05) is 0 Å². The van der Waals surface area contributed by atoms with Crippen LogP contribution in [-0.4, -0.2) is 49.2 Å². The zero-order valence-corrected chi connectivity index (χ0v) is 24.0. The van der Waals surface area contributed by atoms with Crippen molar-refractivity contribution < 1.29 is 0 Å². The molecule has 0 saturated carbocycles. The molecule has 0 N–H and O–H groups in total. The minimum atomic E-state index is 0. The van der Waals surface area contributed by atoms with Crippen molar-refractivity contribution in [2.45, 2.75) is 156 Å². The van der Waals surface area contributed by atoms with Gasteiger partial charge in [-0.2, -0.15) is 0 Å². The Kier molecular flexibility index (Phi) is 44.4. The van der Waals surface area contributed by atoms with Crippen molar-refractivity contribution in [2.24, 2.45) is 0 Å². The fraction of sp³-hybridized carbons (Fsp3) is 1.00. The van der Waals surface area contributed by atoms with Crippen LogP contribution in [0.5, 0.6) is 0 Å². The zero-order chi connectivity index (χ0) is 22.4. The van der Waals surface area contributed by atoms with E-state index in [9.17, 15) is 0 Å². The van der Waals surface area contributed by atoms with Gasteiger partial charge in [-0.1, -0.05) is 156 Å². The summed E-state index contributed by atoms with van der Waals surface area (Å²) in [5, 5.41) is 9.13. The predicted molar refractivity (Wildman–Crippen MR) is 147 cm³/mol. The fourth-order valence-electron chi connectivity index (χ4n) is 3.53. The second-order valence-corrected chi connectivity index (χ2v) is 9.00. The van der Waals surface area contributed by atoms with E-state index in [-0.39, 0.29) is 23.1 Å². The molecular formula is C28H60MgN2. The van der Waals surface area contributed by atoms with Crippen molar-refractivity contribution >= 4 is 23.1 Å². The third-order valence-corrected chi connectivity index (χ3v) is 5.68. The first kappa shape index (κ1) is 36.3. The first-order valence-corrected chi connectivity index (χ1v) is 14.1. The van der Waals surface area contributed by atoms with E-state index in [1.165, 1.54) is 128 Å². The summed E-state index contributed by atoms with van der Waals surface area (Å²) in [5.74, 6) is 0. The van der Waals surface area contributed by atoms with Crippen molar-refractivity contribution in [3.63, 3.8) is 0 Å². The quantitative estimate of drug-likeness (QED) is 0.104. The van der Waals surface area contributed by atoms with Crippen LogP contribution in [0.4, 0.5) is 0 Å². The maximum Gasteiger partial charge on any atom is 2.00 e. The van der Waals surface area contributed by atoms with Crippen molar-refractivity contribution in [3.8, 4) is 0 Å². The van der Waals surface area contributed by atoms with Gasteiger partial charge in [-0.05, 0) is 0 Å². The molecule has 0 unspecified atom stereocenters. The Morgan fingerprint density at radius 2 is 0.484 bits per heavy atom. The fourth-order valence-corrected chi connectivity index (χ4v) is 3.53. The van der Waals surface area contributed by atoms with Crippen LogP contribution in [0, 0.1) is 0 Å². The summed E-state index contributed by atoms with van der Waals surface area (Å²) in [6, 6.07) is 0. The molecule has 184 valence electrons. The molecule has 0 atom stereocenters. The van der Waals surface area contributed by atoms with E-state index >= 15 is 0 Å². The maximum absolute atomic E-state index is 4.57. The third kappa shape index (κ3) is 41.4. The molecule has 0 saturated heterocycles. The SMILES string of the molecule is CCCCCCC[N-]CCCCCCC.CCCCCCC[N-]CCCCCCC.[Mg+2]. The van der Waals surface area contributed by atoms with Gasteiger partial charge in [0.05, 0.1) is 0 Å². The molecule has 2 nitrogen and oxygen atoms in total. The molecule has 0 spiro atoms. The van der Waals surface area contributed by atoms with Crippen LogP contribution >= 0.6 is 0 Å². The van der Waals surface area contributed by atoms with Gasteiger partial charge in [0, 0.05) is 0 Å². The van der Waals surface area contributed by atoms with Gasteiger partial charge in [-0.3, -0.25) is 0 Å². The summed E-state index contributed by atoms with van der Waals surface area (Å²) in [6.07, 6.45) is 27.4. The molecule has 0 aliphatic heterocycles. The Morgan fingerprint density at radius 3 is 0.677 bits per heavy atom. The van der Waals surface area contributed by atoms with Gasteiger partial charge in [-0.25, -0.2) is 0 Å². The van der Waals surface area contributed by atoms with Crippen LogP contribution in [0.25, 0.3) is 10.6 Å². The molecule has 0 aliphatic rings. The molecule has 31 heavy (non-hydrogen) atoms. The van der Waals surface area contributed by atoms with Crippen LogP contribution in [0.2, 0.25) is 0 Å². The van der Waals surface area contributed by atoms with Crippen molar-refractivity contribution in [1.82, 2.24) is 0 Å². The number of nitrogens with zero attached hydrogens (tertiary/aromatic N) is 2. The summed E-state index contributed by atoms with van der Waals surface area (Å²) in [5.41, 5.74) is 0. The predicted octanol–water partition coefficient (Wildman–Crippen LogP) is 10.2. The Labute approximate surface area is 215 Å². The van der Waals surface area contributed by atoms with Gasteiger partial charge in [0.2, 0.25) is 0 Å². The third-order valence-electron chi connectivity index (χ3n) is 5.68. The minimum absolute atomic E-state index is 0. The van der Waals surface area contributed by atoms with Crippen LogP contribution in [0.3, 0.4) is 0 Å². The monoisotopic (exact) mass is 448 g/mol. The van der Waals surface area contributed by atoms with Gasteiger partial charge >= 0.3 is 23.1 Å². The van der Waals surface area contributed by atoms with Gasteiger partial charge in [0.1, 0.15) is 0 Å². The van der Waals surface area contributed by atoms with E-state index in [4.69, 9.17) is 0 Å². The smallest absolute Gasteiger partial charge is 0.662 e. The molecular weight excluding hydrogens is 389 g/mol. The second-order valence-electron chi connectivity index (χ2n) is 9.00. The number of unbranched alkanes of at least 4 members (excludes halogenated alkanes) is 16. The van der Waals surface area contributed by atoms with E-state index in [0.717, 1.165) is 26.2 Å². The Balaban J connectivity index is -0.000000490. The first-order valence-electron chi connectivity index (χ1n) is 14.1. The summed E-state index contributed by atoms with van der Waals surface area (Å²) in [6.45, 7) is 13.5. The largest absolute Gasteiger partial charge is 2.00 e. The first-order chi connectivity index (χ1) is 14.8. The number of hydrogen-bond acceptors (Lipinski definition) is 0. The van der Waals surface area contributed by atoms with Crippen molar-refractivity contribution in [2.75, 3.05) is 26.2 Å². The Hall–Kier alpha value is 0.686. The molecule has 0 rings (SSSR count). The number of rotatable bonds is 24. The number of hydrogen-bond donors (Lipinski definition) is 0. The molecule has 0 aliphatic carbocycles. The Morgan fingerprint density at radius 1 is 0.290 bits per heavy atom. The molecule has 0 aromatic heterocycles. The van der Waals surface area contributed by atoms with Crippen LogP contribution in [-0.2, 0) is 0 Å². The van der Waals surface area contributed by atoms with E-state index in [0.29, 0.717) is 0 Å². The molecule has 0 heterocycles. The average Bonchev–Trinajstić information content (AvgIpc) is 2.76. The van der Waals surface area contributed by atoms with E-state index < -0.39 is 0 Å². The van der Waals surface area contributed by atoms with Crippen molar-refractivity contribution in [1.29, 1.82) is 0 Å². The van der Waals surface area contributed by atoms with Crippen LogP contribution in [0.1, 0.15) is 156 Å². The maximum atomic E-state index is 4.57. The van der Waals surface area contributed by atoms with Gasteiger partial charge in [-0.15, -0.1) is 26.2 Å². The van der Waals surface area contributed by atoms with Gasteiger partial charge in [0.25, 0.3) is 0 Å². The standard InChI is InChI=1S/2C14H30N.Mg/c2*1-3-5-7-9-11-13-15-14-12-10-8-6-4-2;/h2*3-14H2,1-2H3;/q2*-1;+2. The minimum Gasteiger partial charge on any atom is -0.662 e. The Bertz CT molecular complexity index is 211. The van der Waals surface area contributed by atoms with E-state index in [1.54, 1.807) is 0 Å². The topological polar surface area (TPSA) is 28.2 Å². The molecule has 0 radical (unpaired) electrons. The summed E-state index contributed by atoms with van der Waals surface area (Å²) >= 11 is 0. The average molecular weight is 449 g/mol. The molecule has 0 aromatic carbocycles. The molecule has 0 aromatic rings.